The van der Waals surface area contributed by atoms with E-state index in [4.69, 9.17) is 9.47 Å². The summed E-state index contributed by atoms with van der Waals surface area (Å²) >= 11 is 0. The largest absolute Gasteiger partial charge is 0.490 e. The van der Waals surface area contributed by atoms with Gasteiger partial charge in [-0.15, -0.1) is 0 Å². The molecule has 1 aromatic carbocycles. The molecule has 136 valence electrons. The molecule has 1 heterocycles. The number of nitrogens with zero attached hydrogens (tertiary/aromatic N) is 1. The Morgan fingerprint density at radius 3 is 2.58 bits per heavy atom. The molecule has 24 heavy (non-hydrogen) atoms. The molecule has 1 aliphatic heterocycles. The quantitative estimate of drug-likeness (QED) is 0.718. The van der Waals surface area contributed by atoms with E-state index in [1.165, 1.54) is 0 Å². The normalized spacial score (nSPS) is 17.3. The van der Waals surface area contributed by atoms with Crippen molar-refractivity contribution in [1.82, 2.24) is 4.90 Å². The van der Waals surface area contributed by atoms with Gasteiger partial charge in [0.15, 0.2) is 9.84 Å². The minimum absolute atomic E-state index is 0.104. The standard InChI is InChI=1S/C18H29NO4S/c1-4-24(20,21)18-7-5-6-17(14-18)23-16-8-10-19(11-9-16)12-13-22-15(2)3/h5-7,14-16H,4,8-13H2,1-3H3. The molecule has 1 aromatic rings. The predicted octanol–water partition coefficient (Wildman–Crippen LogP) is 2.75. The lowest BCUT2D eigenvalue weighted by atomic mass is 10.1. The zero-order chi connectivity index (χ0) is 17.6. The maximum atomic E-state index is 12.0. The van der Waals surface area contributed by atoms with Gasteiger partial charge in [-0.1, -0.05) is 13.0 Å². The molecule has 1 fully saturated rings. The van der Waals surface area contributed by atoms with Crippen LogP contribution in [0.4, 0.5) is 0 Å². The summed E-state index contributed by atoms with van der Waals surface area (Å²) in [5, 5.41) is 0. The van der Waals surface area contributed by atoms with Crippen molar-refractivity contribution in [3.05, 3.63) is 24.3 Å². The van der Waals surface area contributed by atoms with Gasteiger partial charge in [0.2, 0.25) is 0 Å². The van der Waals surface area contributed by atoms with Crippen molar-refractivity contribution < 1.29 is 17.9 Å². The van der Waals surface area contributed by atoms with Crippen molar-refractivity contribution in [2.75, 3.05) is 32.0 Å². The lowest BCUT2D eigenvalue weighted by molar-refractivity contribution is 0.0404. The summed E-state index contributed by atoms with van der Waals surface area (Å²) in [5.41, 5.74) is 0. The minimum Gasteiger partial charge on any atom is -0.490 e. The first kappa shape index (κ1) is 19.2. The van der Waals surface area contributed by atoms with Gasteiger partial charge in [-0.05, 0) is 44.9 Å². The van der Waals surface area contributed by atoms with E-state index in [9.17, 15) is 8.42 Å². The van der Waals surface area contributed by atoms with Crippen LogP contribution in [0, 0.1) is 0 Å². The predicted molar refractivity (Wildman–Crippen MR) is 95.3 cm³/mol. The Labute approximate surface area is 145 Å². The minimum atomic E-state index is -3.19. The number of hydrogen-bond donors (Lipinski definition) is 0. The second kappa shape index (κ2) is 8.83. The van der Waals surface area contributed by atoms with Gasteiger partial charge in [0.05, 0.1) is 23.4 Å². The lowest BCUT2D eigenvalue weighted by Gasteiger charge is -2.32. The number of benzene rings is 1. The van der Waals surface area contributed by atoms with Crippen LogP contribution in [-0.2, 0) is 14.6 Å². The fraction of sp³-hybridized carbons (Fsp3) is 0.667. The average Bonchev–Trinajstić information content (AvgIpc) is 2.56. The average molecular weight is 356 g/mol. The van der Waals surface area contributed by atoms with Gasteiger partial charge in [-0.2, -0.15) is 0 Å². The highest BCUT2D eigenvalue weighted by atomic mass is 32.2. The molecule has 0 radical (unpaired) electrons. The molecule has 2 rings (SSSR count). The van der Waals surface area contributed by atoms with Gasteiger partial charge in [0.1, 0.15) is 11.9 Å². The summed E-state index contributed by atoms with van der Waals surface area (Å²) < 4.78 is 35.5. The first-order valence-electron chi connectivity index (χ1n) is 8.74. The van der Waals surface area contributed by atoms with Crippen LogP contribution in [0.1, 0.15) is 33.6 Å². The van der Waals surface area contributed by atoms with E-state index in [0.29, 0.717) is 10.6 Å². The zero-order valence-electron chi connectivity index (χ0n) is 14.9. The maximum absolute atomic E-state index is 12.0. The zero-order valence-corrected chi connectivity index (χ0v) is 15.7. The molecule has 0 bridgehead atoms. The van der Waals surface area contributed by atoms with E-state index in [0.717, 1.165) is 39.1 Å². The van der Waals surface area contributed by atoms with Crippen LogP contribution in [0.15, 0.2) is 29.2 Å². The highest BCUT2D eigenvalue weighted by Crippen LogP contribution is 2.22. The van der Waals surface area contributed by atoms with Crippen molar-refractivity contribution in [2.45, 2.75) is 50.7 Å². The van der Waals surface area contributed by atoms with Crippen LogP contribution in [0.3, 0.4) is 0 Å². The number of rotatable bonds is 8. The van der Waals surface area contributed by atoms with E-state index in [1.807, 2.05) is 19.9 Å². The third kappa shape index (κ3) is 5.76. The SMILES string of the molecule is CCS(=O)(=O)c1cccc(OC2CCN(CCOC(C)C)CC2)c1. The van der Waals surface area contributed by atoms with Crippen molar-refractivity contribution >= 4 is 9.84 Å². The summed E-state index contributed by atoms with van der Waals surface area (Å²) in [6, 6.07) is 6.85. The Morgan fingerprint density at radius 1 is 1.25 bits per heavy atom. The fourth-order valence-electron chi connectivity index (χ4n) is 2.77. The lowest BCUT2D eigenvalue weighted by Crippen LogP contribution is -2.40. The third-order valence-corrected chi connectivity index (χ3v) is 5.97. The fourth-order valence-corrected chi connectivity index (χ4v) is 3.68. The van der Waals surface area contributed by atoms with Gasteiger partial charge in [-0.25, -0.2) is 8.42 Å². The second-order valence-electron chi connectivity index (χ2n) is 6.46. The van der Waals surface area contributed by atoms with Crippen molar-refractivity contribution in [3.63, 3.8) is 0 Å². The molecule has 6 heteroatoms. The van der Waals surface area contributed by atoms with Gasteiger partial charge in [-0.3, -0.25) is 0 Å². The van der Waals surface area contributed by atoms with Gasteiger partial charge >= 0.3 is 0 Å². The number of likely N-dealkylation sites (tertiary alicyclic amines) is 1. The number of piperidine rings is 1. The van der Waals surface area contributed by atoms with Crippen LogP contribution in [0.5, 0.6) is 5.75 Å². The summed E-state index contributed by atoms with van der Waals surface area (Å²) in [6.45, 7) is 9.44. The van der Waals surface area contributed by atoms with Gasteiger partial charge in [0, 0.05) is 19.6 Å². The molecule has 1 aliphatic rings. The van der Waals surface area contributed by atoms with Crippen LogP contribution in [-0.4, -0.2) is 57.5 Å². The first-order chi connectivity index (χ1) is 11.4. The van der Waals surface area contributed by atoms with Crippen LogP contribution in [0.2, 0.25) is 0 Å². The van der Waals surface area contributed by atoms with E-state index in [1.54, 1.807) is 25.1 Å². The van der Waals surface area contributed by atoms with E-state index in [2.05, 4.69) is 4.90 Å². The molecule has 0 aromatic heterocycles. The van der Waals surface area contributed by atoms with Gasteiger partial charge < -0.3 is 14.4 Å². The molecular formula is C18H29NO4S. The van der Waals surface area contributed by atoms with Crippen LogP contribution >= 0.6 is 0 Å². The molecule has 0 N–H and O–H groups in total. The van der Waals surface area contributed by atoms with Gasteiger partial charge in [0.25, 0.3) is 0 Å². The number of ether oxygens (including phenoxy) is 2. The molecule has 0 spiro atoms. The number of sulfone groups is 1. The van der Waals surface area contributed by atoms with Crippen LogP contribution in [0.25, 0.3) is 0 Å². The topological polar surface area (TPSA) is 55.8 Å². The Bertz CT molecular complexity index is 607. The number of hydrogen-bond acceptors (Lipinski definition) is 5. The smallest absolute Gasteiger partial charge is 0.178 e. The Kier molecular flexibility index (Phi) is 7.07. The second-order valence-corrected chi connectivity index (χ2v) is 8.73. The third-order valence-electron chi connectivity index (χ3n) is 4.24. The molecule has 5 nitrogen and oxygen atoms in total. The van der Waals surface area contributed by atoms with Crippen LogP contribution < -0.4 is 4.74 Å². The highest BCUT2D eigenvalue weighted by Gasteiger charge is 2.21. The van der Waals surface area contributed by atoms with Crippen molar-refractivity contribution in [2.24, 2.45) is 0 Å². The van der Waals surface area contributed by atoms with Crippen molar-refractivity contribution in [1.29, 1.82) is 0 Å². The molecule has 0 amide bonds. The maximum Gasteiger partial charge on any atom is 0.178 e. The van der Waals surface area contributed by atoms with E-state index >= 15 is 0 Å². The van der Waals surface area contributed by atoms with Crippen molar-refractivity contribution in [3.8, 4) is 5.75 Å². The summed E-state index contributed by atoms with van der Waals surface area (Å²) in [4.78, 5) is 2.73. The summed E-state index contributed by atoms with van der Waals surface area (Å²) in [7, 11) is -3.19. The molecule has 1 saturated heterocycles. The monoisotopic (exact) mass is 355 g/mol. The summed E-state index contributed by atoms with van der Waals surface area (Å²) in [6.07, 6.45) is 2.32. The molecule has 0 aliphatic carbocycles. The molecule has 0 unspecified atom stereocenters. The Hall–Kier alpha value is -1.11. The molecule has 0 saturated carbocycles. The van der Waals surface area contributed by atoms with E-state index < -0.39 is 9.84 Å². The highest BCUT2D eigenvalue weighted by molar-refractivity contribution is 7.91. The van der Waals surface area contributed by atoms with E-state index in [-0.39, 0.29) is 18.0 Å². The molecular weight excluding hydrogens is 326 g/mol. The Balaban J connectivity index is 1.83. The Morgan fingerprint density at radius 2 is 1.96 bits per heavy atom. The summed E-state index contributed by atoms with van der Waals surface area (Å²) in [5.74, 6) is 0.749. The molecule has 0 atom stereocenters. The first-order valence-corrected chi connectivity index (χ1v) is 10.4.